The summed E-state index contributed by atoms with van der Waals surface area (Å²) in [7, 11) is 0. The normalized spacial score (nSPS) is 12.1. The van der Waals surface area contributed by atoms with Crippen LogP contribution in [-0.4, -0.2) is 11.0 Å². The van der Waals surface area contributed by atoms with E-state index in [1.807, 2.05) is 17.5 Å². The molecule has 0 spiro atoms. The molecule has 1 aromatic heterocycles. The van der Waals surface area contributed by atoms with Crippen molar-refractivity contribution in [1.29, 1.82) is 0 Å². The fourth-order valence-corrected chi connectivity index (χ4v) is 2.31. The Morgan fingerprint density at radius 2 is 2.11 bits per heavy atom. The Kier molecular flexibility index (Phi) is 4.09. The molecule has 1 atom stereocenters. The summed E-state index contributed by atoms with van der Waals surface area (Å²) >= 11 is 1.44. The quantitative estimate of drug-likeness (QED) is 0.787. The molecule has 5 heteroatoms. The van der Waals surface area contributed by atoms with E-state index in [1.165, 1.54) is 11.3 Å². The summed E-state index contributed by atoms with van der Waals surface area (Å²) in [5.74, 6) is -0.279. The molecular formula is C13H14N2O2S. The molecule has 0 aliphatic carbocycles. The van der Waals surface area contributed by atoms with Crippen LogP contribution in [0.3, 0.4) is 0 Å². The third kappa shape index (κ3) is 2.76. The summed E-state index contributed by atoms with van der Waals surface area (Å²) in [6, 6.07) is 10.1. The highest BCUT2D eigenvalue weighted by molar-refractivity contribution is 7.10. The average molecular weight is 262 g/mol. The fraction of sp³-hybridized carbons (Fsp3) is 0.154. The van der Waals surface area contributed by atoms with Crippen LogP contribution in [0, 0.1) is 0 Å². The number of amides is 1. The molecular weight excluding hydrogens is 248 g/mol. The van der Waals surface area contributed by atoms with Crippen LogP contribution in [0.5, 0.6) is 0 Å². The highest BCUT2D eigenvalue weighted by Gasteiger charge is 2.17. The van der Waals surface area contributed by atoms with Gasteiger partial charge in [0.1, 0.15) is 6.04 Å². The van der Waals surface area contributed by atoms with Gasteiger partial charge in [-0.2, -0.15) is 0 Å². The van der Waals surface area contributed by atoms with Gasteiger partial charge in [-0.3, -0.25) is 4.79 Å². The third-order valence-corrected chi connectivity index (χ3v) is 3.53. The molecule has 0 radical (unpaired) electrons. The van der Waals surface area contributed by atoms with E-state index in [0.717, 1.165) is 4.88 Å². The number of aliphatic hydroxyl groups excluding tert-OH is 1. The lowest BCUT2D eigenvalue weighted by atomic mass is 10.1. The van der Waals surface area contributed by atoms with Crippen LogP contribution in [0.25, 0.3) is 0 Å². The number of aliphatic hydroxyl groups is 1. The largest absolute Gasteiger partial charge is 0.392 e. The molecule has 0 fully saturated rings. The monoisotopic (exact) mass is 262 g/mol. The second kappa shape index (κ2) is 5.77. The number of anilines is 1. The zero-order valence-corrected chi connectivity index (χ0v) is 10.5. The number of carbonyl (C=O) groups is 1. The lowest BCUT2D eigenvalue weighted by Gasteiger charge is -2.13. The van der Waals surface area contributed by atoms with E-state index in [4.69, 9.17) is 5.73 Å². The lowest BCUT2D eigenvalue weighted by Crippen LogP contribution is -2.27. The number of para-hydroxylation sites is 1. The van der Waals surface area contributed by atoms with Crippen LogP contribution in [0.1, 0.15) is 16.5 Å². The molecule has 1 amide bonds. The van der Waals surface area contributed by atoms with Crippen LogP contribution in [0.2, 0.25) is 0 Å². The van der Waals surface area contributed by atoms with Crippen LogP contribution < -0.4 is 11.1 Å². The highest BCUT2D eigenvalue weighted by atomic mass is 32.1. The van der Waals surface area contributed by atoms with Crippen molar-refractivity contribution in [2.75, 3.05) is 5.32 Å². The van der Waals surface area contributed by atoms with Crippen molar-refractivity contribution in [3.8, 4) is 0 Å². The number of nitrogens with two attached hydrogens (primary N) is 1. The molecule has 0 saturated carbocycles. The first-order chi connectivity index (χ1) is 8.72. The maximum Gasteiger partial charge on any atom is 0.246 e. The van der Waals surface area contributed by atoms with Gasteiger partial charge in [0.2, 0.25) is 5.91 Å². The molecule has 0 aliphatic heterocycles. The van der Waals surface area contributed by atoms with E-state index in [2.05, 4.69) is 5.32 Å². The minimum Gasteiger partial charge on any atom is -0.392 e. The molecule has 2 aromatic rings. The topological polar surface area (TPSA) is 75.4 Å². The molecule has 4 nitrogen and oxygen atoms in total. The molecule has 94 valence electrons. The summed E-state index contributed by atoms with van der Waals surface area (Å²) < 4.78 is 0. The van der Waals surface area contributed by atoms with E-state index in [0.29, 0.717) is 11.3 Å². The summed E-state index contributed by atoms with van der Waals surface area (Å²) in [5.41, 5.74) is 7.12. The highest BCUT2D eigenvalue weighted by Crippen LogP contribution is 2.20. The van der Waals surface area contributed by atoms with Gasteiger partial charge in [-0.15, -0.1) is 11.3 Å². The number of hydrogen-bond acceptors (Lipinski definition) is 4. The van der Waals surface area contributed by atoms with Crippen molar-refractivity contribution < 1.29 is 9.90 Å². The Hall–Kier alpha value is -1.69. The Morgan fingerprint density at radius 1 is 1.33 bits per heavy atom. The molecule has 1 aromatic carbocycles. The smallest absolute Gasteiger partial charge is 0.246 e. The average Bonchev–Trinajstić information content (AvgIpc) is 2.92. The summed E-state index contributed by atoms with van der Waals surface area (Å²) in [6.07, 6.45) is 0. The first-order valence-electron chi connectivity index (χ1n) is 5.51. The SMILES string of the molecule is NC(C(=O)Nc1ccccc1CO)c1cccs1. The van der Waals surface area contributed by atoms with Crippen molar-refractivity contribution >= 4 is 22.9 Å². The maximum absolute atomic E-state index is 12.0. The number of thiophene rings is 1. The van der Waals surface area contributed by atoms with E-state index < -0.39 is 6.04 Å². The zero-order chi connectivity index (χ0) is 13.0. The van der Waals surface area contributed by atoms with E-state index in [9.17, 15) is 9.90 Å². The van der Waals surface area contributed by atoms with E-state index in [-0.39, 0.29) is 12.5 Å². The van der Waals surface area contributed by atoms with Crippen LogP contribution in [0.15, 0.2) is 41.8 Å². The zero-order valence-electron chi connectivity index (χ0n) is 9.67. The molecule has 0 aliphatic rings. The third-order valence-electron chi connectivity index (χ3n) is 2.58. The molecule has 0 saturated heterocycles. The number of benzene rings is 1. The van der Waals surface area contributed by atoms with Crippen molar-refractivity contribution in [3.05, 3.63) is 52.2 Å². The molecule has 2 rings (SSSR count). The molecule has 1 heterocycles. The van der Waals surface area contributed by atoms with Crippen LogP contribution in [-0.2, 0) is 11.4 Å². The Morgan fingerprint density at radius 3 is 2.78 bits per heavy atom. The van der Waals surface area contributed by atoms with Gasteiger partial charge in [-0.25, -0.2) is 0 Å². The molecule has 1 unspecified atom stereocenters. The van der Waals surface area contributed by atoms with Crippen molar-refractivity contribution in [3.63, 3.8) is 0 Å². The van der Waals surface area contributed by atoms with Gasteiger partial charge in [0, 0.05) is 16.1 Å². The van der Waals surface area contributed by atoms with Crippen molar-refractivity contribution in [2.24, 2.45) is 5.73 Å². The lowest BCUT2D eigenvalue weighted by molar-refractivity contribution is -0.117. The predicted molar refractivity (Wildman–Crippen MR) is 72.2 cm³/mol. The maximum atomic E-state index is 12.0. The number of hydrogen-bond donors (Lipinski definition) is 3. The van der Waals surface area contributed by atoms with Gasteiger partial charge < -0.3 is 16.2 Å². The van der Waals surface area contributed by atoms with Crippen molar-refractivity contribution in [2.45, 2.75) is 12.6 Å². The predicted octanol–water partition coefficient (Wildman–Crippen LogP) is 1.88. The first kappa shape index (κ1) is 12.8. The first-order valence-corrected chi connectivity index (χ1v) is 6.39. The van der Waals surface area contributed by atoms with Crippen molar-refractivity contribution in [1.82, 2.24) is 0 Å². The fourth-order valence-electron chi connectivity index (χ4n) is 1.59. The van der Waals surface area contributed by atoms with Gasteiger partial charge in [-0.05, 0) is 17.5 Å². The molecule has 4 N–H and O–H groups in total. The van der Waals surface area contributed by atoms with E-state index >= 15 is 0 Å². The minimum atomic E-state index is -0.684. The number of nitrogens with one attached hydrogen (secondary N) is 1. The Balaban J connectivity index is 2.12. The Labute approximate surface area is 109 Å². The summed E-state index contributed by atoms with van der Waals surface area (Å²) in [5, 5.41) is 13.8. The second-order valence-electron chi connectivity index (χ2n) is 3.80. The van der Waals surface area contributed by atoms with Gasteiger partial charge >= 0.3 is 0 Å². The van der Waals surface area contributed by atoms with Gasteiger partial charge in [-0.1, -0.05) is 24.3 Å². The van der Waals surface area contributed by atoms with Gasteiger partial charge in [0.15, 0.2) is 0 Å². The van der Waals surface area contributed by atoms with Gasteiger partial charge in [0.25, 0.3) is 0 Å². The standard InChI is InChI=1S/C13H14N2O2S/c14-12(11-6-3-7-18-11)13(17)15-10-5-2-1-4-9(10)8-16/h1-7,12,16H,8,14H2,(H,15,17). The van der Waals surface area contributed by atoms with E-state index in [1.54, 1.807) is 24.3 Å². The minimum absolute atomic E-state index is 0.120. The molecule has 0 bridgehead atoms. The summed E-state index contributed by atoms with van der Waals surface area (Å²) in [6.45, 7) is -0.120. The number of rotatable bonds is 4. The molecule has 18 heavy (non-hydrogen) atoms. The second-order valence-corrected chi connectivity index (χ2v) is 4.78. The summed E-state index contributed by atoms with van der Waals surface area (Å²) in [4.78, 5) is 12.8. The number of carbonyl (C=O) groups excluding carboxylic acids is 1. The van der Waals surface area contributed by atoms with Crippen LogP contribution in [0.4, 0.5) is 5.69 Å². The van der Waals surface area contributed by atoms with Crippen LogP contribution >= 0.6 is 11.3 Å². The Bertz CT molecular complexity index is 526. The van der Waals surface area contributed by atoms with Gasteiger partial charge in [0.05, 0.1) is 6.61 Å².